The number of hydrogen-bond donors (Lipinski definition) is 2. The summed E-state index contributed by atoms with van der Waals surface area (Å²) in [7, 11) is 0. The van der Waals surface area contributed by atoms with E-state index in [1.165, 1.54) is 19.0 Å². The Morgan fingerprint density at radius 1 is 0.978 bits per heavy atom. The Balaban J connectivity index is 0.00000257. The number of ether oxygens (including phenoxy) is 2. The van der Waals surface area contributed by atoms with Gasteiger partial charge in [-0.25, -0.2) is 14.6 Å². The van der Waals surface area contributed by atoms with Gasteiger partial charge in [-0.3, -0.25) is 20.2 Å². The number of aryl methyl sites for hydroxylation is 2. The maximum Gasteiger partial charge on any atom is 0.410 e. The van der Waals surface area contributed by atoms with E-state index in [1.807, 2.05) is 63.8 Å². The van der Waals surface area contributed by atoms with Gasteiger partial charge in [0.05, 0.1) is 35.5 Å². The summed E-state index contributed by atoms with van der Waals surface area (Å²) in [5.74, 6) is 1.05. The van der Waals surface area contributed by atoms with Crippen LogP contribution in [0.15, 0.2) is 48.9 Å². The molecule has 3 aromatic rings. The van der Waals surface area contributed by atoms with Crippen LogP contribution in [-0.4, -0.2) is 56.3 Å². The highest BCUT2D eigenvalue weighted by molar-refractivity contribution is 5.99. The molecular weight excluding hydrogens is 580 g/mol. The van der Waals surface area contributed by atoms with Gasteiger partial charge in [0.1, 0.15) is 18.0 Å². The van der Waals surface area contributed by atoms with Crippen LogP contribution in [0.4, 0.5) is 21.1 Å². The zero-order valence-corrected chi connectivity index (χ0v) is 29.5. The third kappa shape index (κ3) is 12.3. The first-order valence-corrected chi connectivity index (χ1v) is 16.3. The van der Waals surface area contributed by atoms with E-state index in [9.17, 15) is 9.59 Å². The van der Waals surface area contributed by atoms with Gasteiger partial charge in [0.25, 0.3) is 0 Å². The minimum absolute atomic E-state index is 0. The molecule has 1 aromatic carbocycles. The van der Waals surface area contributed by atoms with Gasteiger partial charge in [0, 0.05) is 20.7 Å². The number of likely N-dealkylation sites (tertiary alicyclic amines) is 1. The summed E-state index contributed by atoms with van der Waals surface area (Å²) in [6.07, 6.45) is 9.73. The summed E-state index contributed by atoms with van der Waals surface area (Å²) >= 11 is 0. The molecule has 3 amide bonds. The lowest BCUT2D eigenvalue weighted by Gasteiger charge is -2.44. The maximum atomic E-state index is 12.9. The molecular formula is C36H58N6O4. The number of nitrogens with one attached hydrogen (secondary N) is 2. The fraction of sp³-hybridized carbons (Fsp3) is 0.528. The second-order valence-electron chi connectivity index (χ2n) is 12.8. The monoisotopic (exact) mass is 638 g/mol. The average molecular weight is 639 g/mol. The number of amides is 3. The molecule has 46 heavy (non-hydrogen) atoms. The lowest BCUT2D eigenvalue weighted by atomic mass is 9.89. The first-order chi connectivity index (χ1) is 21.7. The molecule has 1 saturated heterocycles. The summed E-state index contributed by atoms with van der Waals surface area (Å²) in [5.41, 5.74) is 2.79. The third-order valence-electron chi connectivity index (χ3n) is 6.67. The van der Waals surface area contributed by atoms with Gasteiger partial charge in [-0.15, -0.1) is 0 Å². The Morgan fingerprint density at radius 3 is 2.28 bits per heavy atom. The van der Waals surface area contributed by atoms with Gasteiger partial charge >= 0.3 is 12.1 Å². The van der Waals surface area contributed by atoms with Crippen LogP contribution in [0, 0.1) is 13.8 Å². The Bertz CT molecular complexity index is 1400. The molecule has 3 heterocycles. The van der Waals surface area contributed by atoms with E-state index in [4.69, 9.17) is 9.47 Å². The summed E-state index contributed by atoms with van der Waals surface area (Å²) in [6.45, 7) is 21.0. The van der Waals surface area contributed by atoms with Crippen molar-refractivity contribution in [1.82, 2.24) is 19.9 Å². The zero-order valence-electron chi connectivity index (χ0n) is 29.5. The number of benzene rings is 1. The predicted molar refractivity (Wildman–Crippen MR) is 191 cm³/mol. The summed E-state index contributed by atoms with van der Waals surface area (Å²) in [6, 6.07) is 8.93. The Hall–Kier alpha value is -4.21. The SMILES string of the molecule is CCC.CCC.Cc1ccc(NC(=O)Nc2cncc(-c3ccc(OC[C@@]4(C)CCCCN4C(=O)OC(C)(C)C)c(C)c3)n2)cn1.[HH].[HH]. The van der Waals surface area contributed by atoms with E-state index >= 15 is 0 Å². The van der Waals surface area contributed by atoms with E-state index in [2.05, 4.69) is 60.2 Å². The molecule has 256 valence electrons. The number of nitrogens with zero attached hydrogens (tertiary/aromatic N) is 4. The van der Waals surface area contributed by atoms with Crippen molar-refractivity contribution in [2.75, 3.05) is 23.8 Å². The molecule has 0 radical (unpaired) electrons. The van der Waals surface area contributed by atoms with Crippen molar-refractivity contribution in [3.8, 4) is 17.0 Å². The second kappa shape index (κ2) is 18.1. The van der Waals surface area contributed by atoms with Gasteiger partial charge in [-0.05, 0) is 96.7 Å². The van der Waals surface area contributed by atoms with Crippen LogP contribution in [0.2, 0.25) is 0 Å². The van der Waals surface area contributed by atoms with Crippen LogP contribution in [0.3, 0.4) is 0 Å². The standard InChI is InChI=1S/C30H38N6O4.2C3H8.2H2/c1-20-15-22(24-17-31-18-26(34-24)35-27(37)33-23-11-9-21(2)32-16-23)10-12-25(20)39-19-30(6)13-7-8-14-36(30)28(38)40-29(3,4)5;2*1-3-2;;/h9-12,15-18H,7-8,13-14,19H2,1-6H3,(H2,33,34,35,37);2*3H2,1-2H3;2*1H/t30-;;;;/m1..../s1. The van der Waals surface area contributed by atoms with Crippen molar-refractivity contribution >= 4 is 23.6 Å². The smallest absolute Gasteiger partial charge is 0.410 e. The van der Waals surface area contributed by atoms with Crippen molar-refractivity contribution in [2.45, 2.75) is 112 Å². The highest BCUT2D eigenvalue weighted by Gasteiger charge is 2.40. The predicted octanol–water partition coefficient (Wildman–Crippen LogP) is 9.68. The van der Waals surface area contributed by atoms with Gasteiger partial charge in [0.15, 0.2) is 5.82 Å². The molecule has 1 atom stereocenters. The molecule has 1 fully saturated rings. The number of anilines is 2. The fourth-order valence-electron chi connectivity index (χ4n) is 4.55. The molecule has 0 aliphatic carbocycles. The molecule has 2 N–H and O–H groups in total. The van der Waals surface area contributed by atoms with Crippen LogP contribution in [0.25, 0.3) is 11.3 Å². The number of hydrogen-bond acceptors (Lipinski definition) is 7. The topological polar surface area (TPSA) is 119 Å². The van der Waals surface area contributed by atoms with Gasteiger partial charge in [-0.2, -0.15) is 0 Å². The van der Waals surface area contributed by atoms with Crippen molar-refractivity contribution in [1.29, 1.82) is 0 Å². The van der Waals surface area contributed by atoms with E-state index < -0.39 is 17.2 Å². The minimum atomic E-state index is -0.555. The molecule has 10 nitrogen and oxygen atoms in total. The number of piperidine rings is 1. The van der Waals surface area contributed by atoms with Gasteiger partial charge in [0.2, 0.25) is 0 Å². The molecule has 4 rings (SSSR count). The molecule has 0 bridgehead atoms. The first-order valence-electron chi connectivity index (χ1n) is 16.3. The number of carbonyl (C=O) groups is 2. The Labute approximate surface area is 278 Å². The molecule has 10 heteroatoms. The zero-order chi connectivity index (χ0) is 34.3. The highest BCUT2D eigenvalue weighted by atomic mass is 16.6. The second-order valence-corrected chi connectivity index (χ2v) is 12.8. The molecule has 1 aliphatic heterocycles. The number of urea groups is 1. The van der Waals surface area contributed by atoms with Crippen molar-refractivity contribution < 1.29 is 21.9 Å². The average Bonchev–Trinajstić information content (AvgIpc) is 2.98. The molecule has 0 spiro atoms. The van der Waals surface area contributed by atoms with E-state index in [-0.39, 0.29) is 8.95 Å². The minimum Gasteiger partial charge on any atom is -0.491 e. The molecule has 0 unspecified atom stereocenters. The molecule has 2 aromatic heterocycles. The largest absolute Gasteiger partial charge is 0.491 e. The third-order valence-corrected chi connectivity index (χ3v) is 6.67. The number of rotatable bonds is 6. The Kier molecular flexibility index (Phi) is 14.9. The quantitative estimate of drug-likeness (QED) is 0.276. The number of carbonyl (C=O) groups excluding carboxylic acids is 2. The van der Waals surface area contributed by atoms with E-state index in [0.717, 1.165) is 41.8 Å². The maximum absolute atomic E-state index is 12.9. The summed E-state index contributed by atoms with van der Waals surface area (Å²) in [5, 5.41) is 5.44. The van der Waals surface area contributed by atoms with Crippen molar-refractivity contribution in [3.05, 3.63) is 60.2 Å². The van der Waals surface area contributed by atoms with Gasteiger partial charge in [-0.1, -0.05) is 40.5 Å². The van der Waals surface area contributed by atoms with Crippen molar-refractivity contribution in [2.24, 2.45) is 0 Å². The van der Waals surface area contributed by atoms with Crippen LogP contribution < -0.4 is 15.4 Å². The van der Waals surface area contributed by atoms with Crippen LogP contribution in [0.5, 0.6) is 5.75 Å². The Morgan fingerprint density at radius 2 is 1.67 bits per heavy atom. The number of aromatic nitrogens is 3. The summed E-state index contributed by atoms with van der Waals surface area (Å²) < 4.78 is 11.9. The van der Waals surface area contributed by atoms with Crippen LogP contribution in [-0.2, 0) is 4.74 Å². The molecule has 1 aliphatic rings. The normalized spacial score (nSPS) is 15.7. The fourth-order valence-corrected chi connectivity index (χ4v) is 4.55. The van der Waals surface area contributed by atoms with Crippen molar-refractivity contribution in [3.63, 3.8) is 0 Å². The van der Waals surface area contributed by atoms with E-state index in [1.54, 1.807) is 18.5 Å². The first kappa shape index (κ1) is 38.0. The highest BCUT2D eigenvalue weighted by Crippen LogP contribution is 2.32. The van der Waals surface area contributed by atoms with E-state index in [0.29, 0.717) is 30.4 Å². The van der Waals surface area contributed by atoms with Gasteiger partial charge < -0.3 is 14.8 Å². The number of pyridine rings is 1. The lowest BCUT2D eigenvalue weighted by molar-refractivity contribution is -0.0236. The molecule has 0 saturated carbocycles. The summed E-state index contributed by atoms with van der Waals surface area (Å²) in [4.78, 5) is 40.1. The lowest BCUT2D eigenvalue weighted by Crippen LogP contribution is -2.57. The van der Waals surface area contributed by atoms with Crippen LogP contribution >= 0.6 is 0 Å². The van der Waals surface area contributed by atoms with Crippen LogP contribution in [0.1, 0.15) is 102 Å².